The lowest BCUT2D eigenvalue weighted by Gasteiger charge is -2.14. The lowest BCUT2D eigenvalue weighted by Crippen LogP contribution is -2.15. The molecule has 144 valence electrons. The quantitative estimate of drug-likeness (QED) is 0.311. The Kier molecular flexibility index (Phi) is 10.6. The van der Waals surface area contributed by atoms with Crippen molar-refractivity contribution in [1.29, 1.82) is 0 Å². The van der Waals surface area contributed by atoms with Crippen LogP contribution in [0, 0.1) is 0 Å². The molecule has 0 aliphatic heterocycles. The highest BCUT2D eigenvalue weighted by atomic mass is 79.9. The Balaban J connectivity index is 0.00000338. The number of rotatable bonds is 11. The molecule has 2 rings (SSSR count). The van der Waals surface area contributed by atoms with E-state index in [1.54, 1.807) is 29.6 Å². The third-order valence-electron chi connectivity index (χ3n) is 3.27. The maximum Gasteiger partial charge on any atom is 0.209 e. The van der Waals surface area contributed by atoms with E-state index in [0.717, 1.165) is 40.5 Å². The molecule has 0 atom stereocenters. The van der Waals surface area contributed by atoms with Gasteiger partial charge in [-0.1, -0.05) is 24.4 Å². The van der Waals surface area contributed by atoms with E-state index in [0.29, 0.717) is 18.1 Å². The van der Waals surface area contributed by atoms with Crippen molar-refractivity contribution in [3.05, 3.63) is 34.8 Å². The molecule has 1 heterocycles. The van der Waals surface area contributed by atoms with Crippen LogP contribution in [-0.2, 0) is 13.6 Å². The maximum atomic E-state index is 5.63. The third-order valence-corrected chi connectivity index (χ3v) is 4.96. The van der Waals surface area contributed by atoms with Gasteiger partial charge in [0.2, 0.25) is 5.16 Å². The highest BCUT2D eigenvalue weighted by Gasteiger charge is 2.11. The zero-order chi connectivity index (χ0) is 18.1. The van der Waals surface area contributed by atoms with Crippen LogP contribution in [0.4, 0.5) is 0 Å². The second-order valence-corrected chi connectivity index (χ2v) is 7.09. The second-order valence-electron chi connectivity index (χ2n) is 5.17. The van der Waals surface area contributed by atoms with Gasteiger partial charge in [-0.05, 0) is 57.0 Å². The van der Waals surface area contributed by atoms with Crippen molar-refractivity contribution < 1.29 is 9.47 Å². The van der Waals surface area contributed by atoms with E-state index in [9.17, 15) is 0 Å². The van der Waals surface area contributed by atoms with Crippen molar-refractivity contribution in [3.63, 3.8) is 0 Å². The van der Waals surface area contributed by atoms with E-state index in [4.69, 9.17) is 9.47 Å². The SMILES string of the molecule is C=CCOc1c(Br)cc(CNCCCSc2nnnn2C)cc1OC.Cl. The molecule has 0 fully saturated rings. The van der Waals surface area contributed by atoms with Gasteiger partial charge >= 0.3 is 0 Å². The topological polar surface area (TPSA) is 74.1 Å². The van der Waals surface area contributed by atoms with Gasteiger partial charge in [0.15, 0.2) is 11.5 Å². The molecule has 0 amide bonds. The predicted molar refractivity (Wildman–Crippen MR) is 109 cm³/mol. The summed E-state index contributed by atoms with van der Waals surface area (Å²) in [6.07, 6.45) is 2.73. The summed E-state index contributed by atoms with van der Waals surface area (Å²) in [7, 11) is 3.48. The standard InChI is InChI=1S/C16H22BrN5O2S.ClH/c1-4-7-24-15-13(17)9-12(10-14(15)23-3)11-18-6-5-8-25-16-19-20-21-22(16)2;/h4,9-10,18H,1,5-8,11H2,2-3H3;1H. The van der Waals surface area contributed by atoms with Crippen LogP contribution < -0.4 is 14.8 Å². The van der Waals surface area contributed by atoms with Crippen molar-refractivity contribution >= 4 is 40.1 Å². The van der Waals surface area contributed by atoms with Crippen LogP contribution in [0.3, 0.4) is 0 Å². The molecule has 0 bridgehead atoms. The molecule has 0 aliphatic rings. The molecule has 1 N–H and O–H groups in total. The van der Waals surface area contributed by atoms with E-state index >= 15 is 0 Å². The van der Waals surface area contributed by atoms with Crippen molar-refractivity contribution in [2.24, 2.45) is 7.05 Å². The summed E-state index contributed by atoms with van der Waals surface area (Å²) < 4.78 is 13.6. The smallest absolute Gasteiger partial charge is 0.209 e. The Bertz CT molecular complexity index is 701. The molecule has 7 nitrogen and oxygen atoms in total. The molecule has 0 radical (unpaired) electrons. The molecule has 0 spiro atoms. The molecule has 1 aromatic heterocycles. The van der Waals surface area contributed by atoms with Crippen molar-refractivity contribution in [2.75, 3.05) is 26.0 Å². The van der Waals surface area contributed by atoms with Crippen LogP contribution in [-0.4, -0.2) is 46.2 Å². The van der Waals surface area contributed by atoms with Gasteiger partial charge < -0.3 is 14.8 Å². The number of aryl methyl sites for hydroxylation is 1. The third kappa shape index (κ3) is 6.79. The van der Waals surface area contributed by atoms with Gasteiger partial charge in [0.25, 0.3) is 0 Å². The minimum atomic E-state index is 0. The Labute approximate surface area is 172 Å². The first-order chi connectivity index (χ1) is 12.2. The summed E-state index contributed by atoms with van der Waals surface area (Å²) in [5.41, 5.74) is 1.12. The molecule has 26 heavy (non-hydrogen) atoms. The highest BCUT2D eigenvalue weighted by molar-refractivity contribution is 9.10. The Morgan fingerprint density at radius 1 is 1.42 bits per heavy atom. The Hall–Kier alpha value is -1.29. The van der Waals surface area contributed by atoms with E-state index in [1.165, 1.54) is 0 Å². The highest BCUT2D eigenvalue weighted by Crippen LogP contribution is 2.36. The number of hydrogen-bond donors (Lipinski definition) is 1. The average molecular weight is 465 g/mol. The van der Waals surface area contributed by atoms with Gasteiger partial charge in [-0.15, -0.1) is 17.5 Å². The molecule has 1 aromatic carbocycles. The Morgan fingerprint density at radius 3 is 2.88 bits per heavy atom. The summed E-state index contributed by atoms with van der Waals surface area (Å²) >= 11 is 5.19. The van der Waals surface area contributed by atoms with E-state index < -0.39 is 0 Å². The summed E-state index contributed by atoms with van der Waals surface area (Å²) in [6.45, 7) is 5.76. The number of methoxy groups -OCH3 is 1. The van der Waals surface area contributed by atoms with E-state index in [1.807, 2.05) is 19.2 Å². The largest absolute Gasteiger partial charge is 0.493 e. The van der Waals surface area contributed by atoms with Gasteiger partial charge in [-0.25, -0.2) is 4.68 Å². The summed E-state index contributed by atoms with van der Waals surface area (Å²) in [5.74, 6) is 2.36. The van der Waals surface area contributed by atoms with Gasteiger partial charge in [0, 0.05) is 19.3 Å². The number of hydrogen-bond acceptors (Lipinski definition) is 7. The molecule has 10 heteroatoms. The van der Waals surface area contributed by atoms with Crippen LogP contribution in [0.5, 0.6) is 11.5 Å². The van der Waals surface area contributed by atoms with E-state index in [-0.39, 0.29) is 12.4 Å². The zero-order valence-electron chi connectivity index (χ0n) is 14.8. The first-order valence-corrected chi connectivity index (χ1v) is 9.59. The van der Waals surface area contributed by atoms with Crippen molar-refractivity contribution in [1.82, 2.24) is 25.5 Å². The van der Waals surface area contributed by atoms with Gasteiger partial charge in [0.05, 0.1) is 11.6 Å². The molecule has 0 saturated heterocycles. The number of thioether (sulfide) groups is 1. The first-order valence-electron chi connectivity index (χ1n) is 7.81. The summed E-state index contributed by atoms with van der Waals surface area (Å²) in [4.78, 5) is 0. The molecule has 2 aromatic rings. The fraction of sp³-hybridized carbons (Fsp3) is 0.438. The number of aromatic nitrogens is 4. The van der Waals surface area contributed by atoms with Crippen molar-refractivity contribution in [3.8, 4) is 11.5 Å². The number of nitrogens with zero attached hydrogens (tertiary/aromatic N) is 4. The molecule has 0 saturated carbocycles. The number of ether oxygens (including phenoxy) is 2. The number of nitrogens with one attached hydrogen (secondary N) is 1. The minimum absolute atomic E-state index is 0. The fourth-order valence-corrected chi connectivity index (χ4v) is 3.49. The normalized spacial score (nSPS) is 10.3. The molecule has 0 aliphatic carbocycles. The maximum absolute atomic E-state index is 5.63. The molecule has 0 unspecified atom stereocenters. The monoisotopic (exact) mass is 463 g/mol. The summed E-state index contributed by atoms with van der Waals surface area (Å²) in [6, 6.07) is 4.02. The van der Waals surface area contributed by atoms with Crippen LogP contribution in [0.25, 0.3) is 0 Å². The van der Waals surface area contributed by atoms with Gasteiger partial charge in [-0.3, -0.25) is 0 Å². The van der Waals surface area contributed by atoms with Crippen LogP contribution in [0.15, 0.2) is 34.4 Å². The number of tetrazole rings is 1. The van der Waals surface area contributed by atoms with Gasteiger partial charge in [0.1, 0.15) is 6.61 Å². The number of halogens is 2. The lowest BCUT2D eigenvalue weighted by atomic mass is 10.2. The van der Waals surface area contributed by atoms with Gasteiger partial charge in [-0.2, -0.15) is 0 Å². The molecular formula is C16H23BrClN5O2S. The Morgan fingerprint density at radius 2 is 2.23 bits per heavy atom. The van der Waals surface area contributed by atoms with Crippen molar-refractivity contribution in [2.45, 2.75) is 18.1 Å². The van der Waals surface area contributed by atoms with Crippen LogP contribution in [0.2, 0.25) is 0 Å². The molecular weight excluding hydrogens is 442 g/mol. The fourth-order valence-electron chi connectivity index (χ4n) is 2.09. The van der Waals surface area contributed by atoms with E-state index in [2.05, 4.69) is 43.4 Å². The number of benzene rings is 1. The zero-order valence-corrected chi connectivity index (χ0v) is 18.0. The minimum Gasteiger partial charge on any atom is -0.493 e. The average Bonchev–Trinajstić information content (AvgIpc) is 3.01. The second kappa shape index (κ2) is 12.2. The summed E-state index contributed by atoms with van der Waals surface area (Å²) in [5, 5.41) is 15.6. The lowest BCUT2D eigenvalue weighted by molar-refractivity contribution is 0.324. The van der Waals surface area contributed by atoms with Crippen LogP contribution >= 0.6 is 40.1 Å². The first kappa shape index (κ1) is 22.8. The predicted octanol–water partition coefficient (Wildman–Crippen LogP) is 3.24. The van der Waals surface area contributed by atoms with Crippen LogP contribution in [0.1, 0.15) is 12.0 Å².